The Kier molecular flexibility index (Phi) is 3.32. The van der Waals surface area contributed by atoms with Crippen molar-refractivity contribution in [3.8, 4) is 11.5 Å². The molecule has 0 radical (unpaired) electrons. The molecule has 3 heterocycles. The molecule has 0 spiro atoms. The van der Waals surface area contributed by atoms with Crippen LogP contribution in [0.1, 0.15) is 58.1 Å². The molecule has 0 atom stereocenters. The van der Waals surface area contributed by atoms with Crippen LogP contribution in [-0.2, 0) is 15.0 Å². The third-order valence-electron chi connectivity index (χ3n) is 5.85. The number of benzene rings is 3. The predicted octanol–water partition coefficient (Wildman–Crippen LogP) is 3.62. The van der Waals surface area contributed by atoms with E-state index in [1.165, 1.54) is 24.3 Å². The minimum absolute atomic E-state index is 0.0277. The first kappa shape index (κ1) is 18.0. The van der Waals surface area contributed by atoms with Crippen molar-refractivity contribution in [1.82, 2.24) is 0 Å². The molecule has 0 saturated carbocycles. The van der Waals surface area contributed by atoms with E-state index >= 15 is 0 Å². The van der Waals surface area contributed by atoms with Crippen molar-refractivity contribution in [2.45, 2.75) is 5.54 Å². The minimum atomic E-state index is -1.52. The minimum Gasteiger partial charge on any atom is -0.456 e. The highest BCUT2D eigenvalue weighted by molar-refractivity contribution is 6.16. The first-order valence-corrected chi connectivity index (χ1v) is 9.46. The van der Waals surface area contributed by atoms with Crippen LogP contribution in [0.5, 0.6) is 11.5 Å². The first-order valence-electron chi connectivity index (χ1n) is 9.46. The molecule has 8 heteroatoms. The van der Waals surface area contributed by atoms with Gasteiger partial charge in [0, 0.05) is 5.56 Å². The molecule has 0 unspecified atom stereocenters. The van der Waals surface area contributed by atoms with Crippen LogP contribution in [0.25, 0.3) is 4.85 Å². The summed E-state index contributed by atoms with van der Waals surface area (Å²) in [6, 6.07) is 14.3. The van der Waals surface area contributed by atoms with Gasteiger partial charge in [-0.3, -0.25) is 4.85 Å². The van der Waals surface area contributed by atoms with Gasteiger partial charge in [-0.05, 0) is 24.3 Å². The molecule has 3 aliphatic rings. The summed E-state index contributed by atoms with van der Waals surface area (Å²) in [4.78, 5) is 52.6. The molecular weight excluding hydrogens is 414 g/mol. The number of carbonyl (C=O) groups is 4. The Morgan fingerprint density at radius 2 is 1.06 bits per heavy atom. The highest BCUT2D eigenvalue weighted by Gasteiger charge is 2.53. The van der Waals surface area contributed by atoms with E-state index in [0.717, 1.165) is 0 Å². The summed E-state index contributed by atoms with van der Waals surface area (Å²) in [7, 11) is 0. The summed E-state index contributed by atoms with van der Waals surface area (Å²) < 4.78 is 15.4. The maximum Gasteiger partial charge on any atom is 0.347 e. The number of esters is 4. The van der Waals surface area contributed by atoms with Crippen LogP contribution in [0.2, 0.25) is 0 Å². The second-order valence-corrected chi connectivity index (χ2v) is 7.43. The van der Waals surface area contributed by atoms with Gasteiger partial charge in [0.1, 0.15) is 11.5 Å². The van der Waals surface area contributed by atoms with Crippen LogP contribution < -0.4 is 4.74 Å². The Bertz CT molecular complexity index is 1400. The number of fused-ring (bicyclic) bond motifs is 4. The Morgan fingerprint density at radius 1 is 0.625 bits per heavy atom. The maximum absolute atomic E-state index is 12.2. The van der Waals surface area contributed by atoms with Gasteiger partial charge in [-0.2, -0.15) is 0 Å². The van der Waals surface area contributed by atoms with E-state index in [0.29, 0.717) is 16.7 Å². The topological polar surface area (TPSA) is 100 Å². The van der Waals surface area contributed by atoms with Gasteiger partial charge in [-0.1, -0.05) is 30.3 Å². The highest BCUT2D eigenvalue weighted by Crippen LogP contribution is 2.54. The van der Waals surface area contributed by atoms with E-state index in [1.54, 1.807) is 30.3 Å². The van der Waals surface area contributed by atoms with Crippen LogP contribution in [0.3, 0.4) is 0 Å². The van der Waals surface area contributed by atoms with Crippen LogP contribution in [0.15, 0.2) is 54.6 Å². The Labute approximate surface area is 179 Å². The molecule has 3 aromatic carbocycles. The number of hydrogen-bond acceptors (Lipinski definition) is 7. The average molecular weight is 423 g/mol. The number of rotatable bonds is 1. The lowest BCUT2D eigenvalue weighted by molar-refractivity contribution is 0.0425. The van der Waals surface area contributed by atoms with E-state index in [9.17, 15) is 19.2 Å². The number of ether oxygens (including phenoxy) is 3. The molecule has 0 N–H and O–H groups in total. The van der Waals surface area contributed by atoms with Crippen LogP contribution in [0, 0.1) is 6.57 Å². The standard InChI is InChI=1S/C24H9NO7/c1-25-24(11-5-3-2-4-6-11)16-7-12-14(22(28)31-20(12)26)9-18(16)30-19-10-15-13(8-17(19)24)21(27)32-23(15)29/h2-10H. The number of cyclic esters (lactones) is 4. The molecule has 0 aliphatic carbocycles. The molecular formula is C24H9NO7. The third kappa shape index (κ3) is 2.09. The normalized spacial score (nSPS) is 16.7. The quantitative estimate of drug-likeness (QED) is 0.335. The molecule has 0 saturated heterocycles. The molecule has 152 valence electrons. The van der Waals surface area contributed by atoms with E-state index in [4.69, 9.17) is 20.8 Å². The van der Waals surface area contributed by atoms with Crippen molar-refractivity contribution in [1.29, 1.82) is 0 Å². The predicted molar refractivity (Wildman–Crippen MR) is 105 cm³/mol. The molecule has 6 rings (SSSR count). The number of hydrogen-bond donors (Lipinski definition) is 0. The van der Waals surface area contributed by atoms with Crippen molar-refractivity contribution in [3.63, 3.8) is 0 Å². The molecule has 3 aromatic rings. The van der Waals surface area contributed by atoms with Crippen LogP contribution >= 0.6 is 0 Å². The van der Waals surface area contributed by atoms with E-state index in [2.05, 4.69) is 4.85 Å². The smallest absolute Gasteiger partial charge is 0.347 e. The van der Waals surface area contributed by atoms with Gasteiger partial charge in [-0.25, -0.2) is 25.8 Å². The van der Waals surface area contributed by atoms with Crippen molar-refractivity contribution in [2.24, 2.45) is 0 Å². The third-order valence-corrected chi connectivity index (χ3v) is 5.85. The largest absolute Gasteiger partial charge is 0.456 e. The van der Waals surface area contributed by atoms with Gasteiger partial charge in [0.15, 0.2) is 0 Å². The summed E-state index contributed by atoms with van der Waals surface area (Å²) in [5.41, 5.74) is -0.230. The molecule has 3 aliphatic heterocycles. The average Bonchev–Trinajstić information content (AvgIpc) is 3.24. The van der Waals surface area contributed by atoms with Gasteiger partial charge in [0.05, 0.1) is 33.4 Å². The zero-order valence-electron chi connectivity index (χ0n) is 16.0. The lowest BCUT2D eigenvalue weighted by Crippen LogP contribution is -2.30. The summed E-state index contributed by atoms with van der Waals surface area (Å²) in [5.74, 6) is -2.90. The SMILES string of the molecule is [C-]#[N+]C1(c2ccccc2)c2cc3c(cc2Oc2cc4c(cc21)C(=O)OC4=O)C(=O)OC3=O. The first-order chi connectivity index (χ1) is 15.4. The second-order valence-electron chi connectivity index (χ2n) is 7.43. The van der Waals surface area contributed by atoms with Crippen molar-refractivity contribution >= 4 is 23.9 Å². The maximum atomic E-state index is 12.2. The fraction of sp³-hybridized carbons (Fsp3) is 0.0417. The molecule has 0 bridgehead atoms. The summed E-state index contributed by atoms with van der Waals surface area (Å²) >= 11 is 0. The van der Waals surface area contributed by atoms with Crippen molar-refractivity contribution in [2.75, 3.05) is 0 Å². The lowest BCUT2D eigenvalue weighted by Gasteiger charge is -2.31. The second kappa shape index (κ2) is 5.89. The number of nitrogens with zero attached hydrogens (tertiary/aromatic N) is 1. The monoisotopic (exact) mass is 423 g/mol. The highest BCUT2D eigenvalue weighted by atomic mass is 16.6. The van der Waals surface area contributed by atoms with Crippen molar-refractivity contribution < 1.29 is 33.4 Å². The molecule has 32 heavy (non-hydrogen) atoms. The molecule has 0 amide bonds. The fourth-order valence-electron chi connectivity index (χ4n) is 4.40. The number of carbonyl (C=O) groups excluding carboxylic acids is 4. The van der Waals surface area contributed by atoms with Gasteiger partial charge >= 0.3 is 29.4 Å². The summed E-state index contributed by atoms with van der Waals surface area (Å²) in [6.45, 7) is 8.22. The van der Waals surface area contributed by atoms with E-state index in [1.807, 2.05) is 0 Å². The Balaban J connectivity index is 1.73. The Morgan fingerprint density at radius 3 is 1.50 bits per heavy atom. The van der Waals surface area contributed by atoms with Gasteiger partial charge in [0.25, 0.3) is 0 Å². The van der Waals surface area contributed by atoms with Crippen LogP contribution in [-0.4, -0.2) is 23.9 Å². The van der Waals surface area contributed by atoms with Gasteiger partial charge in [-0.15, -0.1) is 0 Å². The lowest BCUT2D eigenvalue weighted by atomic mass is 9.74. The van der Waals surface area contributed by atoms with E-state index < -0.39 is 29.4 Å². The summed E-state index contributed by atoms with van der Waals surface area (Å²) in [6.07, 6.45) is 0. The van der Waals surface area contributed by atoms with Crippen LogP contribution in [0.4, 0.5) is 0 Å². The molecule has 0 aromatic heterocycles. The zero-order valence-corrected chi connectivity index (χ0v) is 16.0. The van der Waals surface area contributed by atoms with Gasteiger partial charge < -0.3 is 14.2 Å². The zero-order chi connectivity index (χ0) is 22.2. The van der Waals surface area contributed by atoms with Gasteiger partial charge in [0.2, 0.25) is 0 Å². The molecule has 0 fully saturated rings. The van der Waals surface area contributed by atoms with Crippen molar-refractivity contribution in [3.05, 3.63) is 105 Å². The fourth-order valence-corrected chi connectivity index (χ4v) is 4.40. The Hall–Kier alpha value is -4.77. The van der Waals surface area contributed by atoms with E-state index in [-0.39, 0.29) is 33.8 Å². The molecule has 8 nitrogen and oxygen atoms in total. The summed E-state index contributed by atoms with van der Waals surface area (Å²) in [5, 5.41) is 0.